The van der Waals surface area contributed by atoms with Crippen LogP contribution in [0.5, 0.6) is 0 Å². The summed E-state index contributed by atoms with van der Waals surface area (Å²) in [6.07, 6.45) is 1.30. The van der Waals surface area contributed by atoms with Gasteiger partial charge in [-0.05, 0) is 12.8 Å². The van der Waals surface area contributed by atoms with Crippen LogP contribution in [0.4, 0.5) is 5.82 Å². The Morgan fingerprint density at radius 2 is 2.47 bits per heavy atom. The predicted octanol–water partition coefficient (Wildman–Crippen LogP) is 0.627. The molecular formula is C9H8ClN3O2. The Labute approximate surface area is 91.6 Å². The van der Waals surface area contributed by atoms with Crippen LogP contribution in [-0.2, 0) is 9.53 Å². The summed E-state index contributed by atoms with van der Waals surface area (Å²) in [6, 6.07) is 0. The molecule has 0 saturated carbocycles. The highest BCUT2D eigenvalue weighted by Gasteiger charge is 2.00. The molecular weight excluding hydrogens is 218 g/mol. The minimum absolute atomic E-state index is 0.0827. The number of halogens is 1. The van der Waals surface area contributed by atoms with Gasteiger partial charge in [0.25, 0.3) is 0 Å². The van der Waals surface area contributed by atoms with Gasteiger partial charge in [0, 0.05) is 5.92 Å². The second kappa shape index (κ2) is 5.17. The Morgan fingerprint density at radius 3 is 3.07 bits per heavy atom. The Morgan fingerprint density at radius 1 is 1.73 bits per heavy atom. The summed E-state index contributed by atoms with van der Waals surface area (Å²) < 4.78 is 4.60. The topological polar surface area (TPSA) is 78.1 Å². The largest absolute Gasteiger partial charge is 0.456 e. The Bertz CT molecular complexity index is 437. The molecule has 1 aromatic rings. The fraction of sp³-hybridized carbons (Fsp3) is 0.222. The Kier molecular flexibility index (Phi) is 3.89. The average Bonchev–Trinajstić information content (AvgIpc) is 2.17. The first kappa shape index (κ1) is 11.3. The van der Waals surface area contributed by atoms with Crippen LogP contribution in [-0.4, -0.2) is 22.5 Å². The summed E-state index contributed by atoms with van der Waals surface area (Å²) in [6.45, 7) is 1.96. The SMILES string of the molecule is CCOC(=O)C#Cc1ncc(Cl)nc1N. The fourth-order valence-corrected chi connectivity index (χ4v) is 0.894. The number of aromatic nitrogens is 2. The van der Waals surface area contributed by atoms with Crippen molar-refractivity contribution in [2.45, 2.75) is 6.92 Å². The molecule has 78 valence electrons. The van der Waals surface area contributed by atoms with Crippen LogP contribution >= 0.6 is 11.6 Å². The van der Waals surface area contributed by atoms with Crippen molar-refractivity contribution in [3.63, 3.8) is 0 Å². The lowest BCUT2D eigenvalue weighted by atomic mass is 10.4. The van der Waals surface area contributed by atoms with Crippen molar-refractivity contribution >= 4 is 23.4 Å². The van der Waals surface area contributed by atoms with Crippen molar-refractivity contribution < 1.29 is 9.53 Å². The molecule has 0 fully saturated rings. The molecule has 0 aliphatic rings. The summed E-state index contributed by atoms with van der Waals surface area (Å²) in [7, 11) is 0. The first-order chi connectivity index (χ1) is 7.13. The number of anilines is 1. The second-order valence-corrected chi connectivity index (χ2v) is 2.78. The smallest absolute Gasteiger partial charge is 0.384 e. The van der Waals surface area contributed by atoms with E-state index < -0.39 is 5.97 Å². The van der Waals surface area contributed by atoms with Gasteiger partial charge in [-0.15, -0.1) is 0 Å². The molecule has 2 N–H and O–H groups in total. The molecule has 6 heteroatoms. The molecule has 1 rings (SSSR count). The standard InChI is InChI=1S/C9H8ClN3O2/c1-2-15-8(14)4-3-6-9(11)13-7(10)5-12-6/h5H,2H2,1H3,(H2,11,13). The normalized spacial score (nSPS) is 8.93. The third kappa shape index (κ3) is 3.44. The first-order valence-electron chi connectivity index (χ1n) is 4.10. The van der Waals surface area contributed by atoms with E-state index >= 15 is 0 Å². The van der Waals surface area contributed by atoms with Gasteiger partial charge in [-0.1, -0.05) is 11.6 Å². The molecule has 5 nitrogen and oxygen atoms in total. The second-order valence-electron chi connectivity index (χ2n) is 2.40. The number of nitrogens with two attached hydrogens (primary N) is 1. The minimum atomic E-state index is -0.631. The monoisotopic (exact) mass is 225 g/mol. The average molecular weight is 226 g/mol. The zero-order valence-corrected chi connectivity index (χ0v) is 8.71. The summed E-state index contributed by atoms with van der Waals surface area (Å²) in [5, 5.41) is 0.175. The zero-order valence-electron chi connectivity index (χ0n) is 7.95. The highest BCUT2D eigenvalue weighted by Crippen LogP contribution is 2.08. The van der Waals surface area contributed by atoms with Crippen LogP contribution < -0.4 is 5.73 Å². The molecule has 0 spiro atoms. The third-order valence-electron chi connectivity index (χ3n) is 1.33. The van der Waals surface area contributed by atoms with Gasteiger partial charge in [-0.2, -0.15) is 0 Å². The van der Waals surface area contributed by atoms with Crippen LogP contribution in [0, 0.1) is 11.8 Å². The van der Waals surface area contributed by atoms with Crippen molar-refractivity contribution in [1.82, 2.24) is 9.97 Å². The van der Waals surface area contributed by atoms with E-state index in [1.807, 2.05) is 0 Å². The maximum absolute atomic E-state index is 10.9. The zero-order chi connectivity index (χ0) is 11.3. The number of nitrogens with zero attached hydrogens (tertiary/aromatic N) is 2. The van der Waals surface area contributed by atoms with Crippen LogP contribution in [0.3, 0.4) is 0 Å². The fourth-order valence-electron chi connectivity index (χ4n) is 0.755. The maximum atomic E-state index is 10.9. The van der Waals surface area contributed by atoms with Gasteiger partial charge in [0.05, 0.1) is 12.8 Å². The molecule has 1 aromatic heterocycles. The van der Waals surface area contributed by atoms with Gasteiger partial charge in [-0.25, -0.2) is 14.8 Å². The molecule has 0 bridgehead atoms. The molecule has 0 radical (unpaired) electrons. The van der Waals surface area contributed by atoms with Crippen molar-refractivity contribution in [2.75, 3.05) is 12.3 Å². The van der Waals surface area contributed by atoms with E-state index in [0.29, 0.717) is 0 Å². The highest BCUT2D eigenvalue weighted by atomic mass is 35.5. The number of esters is 1. The van der Waals surface area contributed by atoms with E-state index in [0.717, 1.165) is 0 Å². The van der Waals surface area contributed by atoms with E-state index in [1.165, 1.54) is 6.20 Å². The molecule has 1 heterocycles. The summed E-state index contributed by atoms with van der Waals surface area (Å²) in [5.41, 5.74) is 5.67. The van der Waals surface area contributed by atoms with E-state index in [1.54, 1.807) is 6.92 Å². The van der Waals surface area contributed by atoms with Gasteiger partial charge in [-0.3, -0.25) is 0 Å². The molecule has 0 amide bonds. The van der Waals surface area contributed by atoms with Crippen LogP contribution in [0.15, 0.2) is 6.20 Å². The number of hydrogen-bond donors (Lipinski definition) is 1. The molecule has 0 atom stereocenters. The molecule has 0 aliphatic carbocycles. The van der Waals surface area contributed by atoms with E-state index in [9.17, 15) is 4.79 Å². The van der Waals surface area contributed by atoms with Gasteiger partial charge < -0.3 is 10.5 Å². The lowest BCUT2D eigenvalue weighted by Gasteiger charge is -1.95. The number of nitrogen functional groups attached to an aromatic ring is 1. The first-order valence-corrected chi connectivity index (χ1v) is 4.48. The van der Waals surface area contributed by atoms with Gasteiger partial charge >= 0.3 is 5.97 Å². The lowest BCUT2D eigenvalue weighted by molar-refractivity contribution is -0.136. The van der Waals surface area contributed by atoms with Gasteiger partial charge in [0.15, 0.2) is 11.5 Å². The van der Waals surface area contributed by atoms with Crippen molar-refractivity contribution in [3.8, 4) is 11.8 Å². The van der Waals surface area contributed by atoms with Crippen molar-refractivity contribution in [2.24, 2.45) is 0 Å². The van der Waals surface area contributed by atoms with E-state index in [4.69, 9.17) is 17.3 Å². The van der Waals surface area contributed by atoms with E-state index in [2.05, 4.69) is 26.5 Å². The van der Waals surface area contributed by atoms with Crippen LogP contribution in [0.25, 0.3) is 0 Å². The highest BCUT2D eigenvalue weighted by molar-refractivity contribution is 6.29. The molecule has 15 heavy (non-hydrogen) atoms. The molecule has 0 saturated heterocycles. The molecule has 0 aromatic carbocycles. The molecule has 0 aliphatic heterocycles. The Hall–Kier alpha value is -1.80. The Balaban J connectivity index is 2.84. The van der Waals surface area contributed by atoms with Crippen molar-refractivity contribution in [3.05, 3.63) is 17.0 Å². The van der Waals surface area contributed by atoms with Gasteiger partial charge in [0.1, 0.15) is 5.15 Å². The molecule has 0 unspecified atom stereocenters. The van der Waals surface area contributed by atoms with Crippen LogP contribution in [0.1, 0.15) is 12.6 Å². The van der Waals surface area contributed by atoms with E-state index in [-0.39, 0.29) is 23.3 Å². The number of rotatable bonds is 1. The van der Waals surface area contributed by atoms with Crippen molar-refractivity contribution in [1.29, 1.82) is 0 Å². The summed E-state index contributed by atoms with van der Waals surface area (Å²) >= 11 is 5.54. The summed E-state index contributed by atoms with van der Waals surface area (Å²) in [5.74, 6) is 4.12. The number of carbonyl (C=O) groups excluding carboxylic acids is 1. The number of carbonyl (C=O) groups is 1. The number of ether oxygens (including phenoxy) is 1. The number of hydrogen-bond acceptors (Lipinski definition) is 5. The minimum Gasteiger partial charge on any atom is -0.456 e. The maximum Gasteiger partial charge on any atom is 0.384 e. The predicted molar refractivity (Wildman–Crippen MR) is 55.0 cm³/mol. The lowest BCUT2D eigenvalue weighted by Crippen LogP contribution is -2.01. The summed E-state index contributed by atoms with van der Waals surface area (Å²) in [4.78, 5) is 18.4. The third-order valence-corrected chi connectivity index (χ3v) is 1.51. The quantitative estimate of drug-likeness (QED) is 0.560. The van der Waals surface area contributed by atoms with Gasteiger partial charge in [0.2, 0.25) is 0 Å². The van der Waals surface area contributed by atoms with Crippen LogP contribution in [0.2, 0.25) is 5.15 Å².